The summed E-state index contributed by atoms with van der Waals surface area (Å²) in [4.78, 5) is 22.7. The molecule has 0 radical (unpaired) electrons. The Morgan fingerprint density at radius 1 is 1.40 bits per heavy atom. The number of thiophene rings is 1. The molecule has 5 nitrogen and oxygen atoms in total. The highest BCUT2D eigenvalue weighted by atomic mass is 35.5. The predicted octanol–water partition coefficient (Wildman–Crippen LogP) is 3.96. The van der Waals surface area contributed by atoms with E-state index < -0.39 is 4.92 Å². The number of nitro benzene ring substituents is 1. The Labute approximate surface area is 123 Å². The van der Waals surface area contributed by atoms with Crippen LogP contribution in [-0.4, -0.2) is 10.8 Å². The molecule has 0 aliphatic heterocycles. The van der Waals surface area contributed by atoms with Gasteiger partial charge in [0.2, 0.25) is 5.91 Å². The van der Waals surface area contributed by atoms with Crippen molar-refractivity contribution in [2.24, 2.45) is 0 Å². The molecule has 0 fully saturated rings. The van der Waals surface area contributed by atoms with Gasteiger partial charge in [0.15, 0.2) is 0 Å². The van der Waals surface area contributed by atoms with Gasteiger partial charge in [-0.2, -0.15) is 0 Å². The first kappa shape index (κ1) is 14.2. The first-order chi connectivity index (χ1) is 9.56. The maximum atomic E-state index is 11.7. The highest BCUT2D eigenvalue weighted by Gasteiger charge is 2.10. The number of carbonyl (C=O) groups excluding carboxylic acids is 1. The van der Waals surface area contributed by atoms with E-state index in [1.807, 2.05) is 17.5 Å². The van der Waals surface area contributed by atoms with E-state index in [0.29, 0.717) is 5.69 Å². The van der Waals surface area contributed by atoms with Gasteiger partial charge in [0.25, 0.3) is 5.69 Å². The number of hydrogen-bond acceptors (Lipinski definition) is 4. The van der Waals surface area contributed by atoms with Crippen molar-refractivity contribution in [1.82, 2.24) is 0 Å². The van der Waals surface area contributed by atoms with Crippen molar-refractivity contribution in [2.75, 3.05) is 5.32 Å². The van der Waals surface area contributed by atoms with Gasteiger partial charge in [-0.3, -0.25) is 14.9 Å². The second-order valence-corrected chi connectivity index (χ2v) is 5.15. The number of benzene rings is 1. The van der Waals surface area contributed by atoms with Gasteiger partial charge in [0, 0.05) is 23.1 Å². The third-order valence-electron chi connectivity index (χ3n) is 2.36. The zero-order chi connectivity index (χ0) is 14.5. The molecule has 2 aromatic rings. The standard InChI is InChI=1S/C13H9ClN2O3S/c14-11-8-9(16(18)19)3-5-12(11)15-13(17)6-4-10-2-1-7-20-10/h1-8H,(H,15,17). The molecule has 0 unspecified atom stereocenters. The molecular formula is C13H9ClN2O3S. The van der Waals surface area contributed by atoms with E-state index in [1.54, 1.807) is 6.08 Å². The maximum Gasteiger partial charge on any atom is 0.271 e. The molecule has 1 aromatic heterocycles. The van der Waals surface area contributed by atoms with Gasteiger partial charge < -0.3 is 5.32 Å². The zero-order valence-electron chi connectivity index (χ0n) is 10.1. The Morgan fingerprint density at radius 3 is 2.80 bits per heavy atom. The van der Waals surface area contributed by atoms with E-state index in [-0.39, 0.29) is 16.6 Å². The number of nitro groups is 1. The molecule has 102 valence electrons. The summed E-state index contributed by atoms with van der Waals surface area (Å²) in [6.45, 7) is 0. The number of amides is 1. The Bertz CT molecular complexity index is 668. The minimum absolute atomic E-state index is 0.122. The summed E-state index contributed by atoms with van der Waals surface area (Å²) in [5, 5.41) is 15.2. The maximum absolute atomic E-state index is 11.7. The number of non-ortho nitro benzene ring substituents is 1. The van der Waals surface area contributed by atoms with Crippen molar-refractivity contribution >= 4 is 46.3 Å². The number of halogens is 1. The van der Waals surface area contributed by atoms with Crippen LogP contribution in [0.25, 0.3) is 6.08 Å². The third kappa shape index (κ3) is 3.66. The van der Waals surface area contributed by atoms with E-state index in [0.717, 1.165) is 4.88 Å². The number of nitrogens with one attached hydrogen (secondary N) is 1. The molecule has 0 aliphatic rings. The van der Waals surface area contributed by atoms with Crippen molar-refractivity contribution in [3.63, 3.8) is 0 Å². The molecule has 20 heavy (non-hydrogen) atoms. The zero-order valence-corrected chi connectivity index (χ0v) is 11.6. The summed E-state index contributed by atoms with van der Waals surface area (Å²) >= 11 is 7.39. The van der Waals surface area contributed by atoms with E-state index in [4.69, 9.17) is 11.6 Å². The van der Waals surface area contributed by atoms with Crippen LogP contribution in [0.15, 0.2) is 41.8 Å². The number of anilines is 1. The van der Waals surface area contributed by atoms with Gasteiger partial charge in [-0.25, -0.2) is 0 Å². The molecule has 0 atom stereocenters. The fourth-order valence-electron chi connectivity index (χ4n) is 1.44. The van der Waals surface area contributed by atoms with Gasteiger partial charge in [0.1, 0.15) is 0 Å². The summed E-state index contributed by atoms with van der Waals surface area (Å²) in [5.41, 5.74) is 0.209. The van der Waals surface area contributed by atoms with E-state index in [9.17, 15) is 14.9 Å². The highest BCUT2D eigenvalue weighted by Crippen LogP contribution is 2.26. The summed E-state index contributed by atoms with van der Waals surface area (Å²) < 4.78 is 0. The van der Waals surface area contributed by atoms with Crippen LogP contribution in [0.4, 0.5) is 11.4 Å². The van der Waals surface area contributed by atoms with Crippen molar-refractivity contribution in [1.29, 1.82) is 0 Å². The Kier molecular flexibility index (Phi) is 4.49. The minimum Gasteiger partial charge on any atom is -0.321 e. The Morgan fingerprint density at radius 2 is 2.20 bits per heavy atom. The smallest absolute Gasteiger partial charge is 0.271 e. The van der Waals surface area contributed by atoms with E-state index in [1.165, 1.54) is 35.6 Å². The van der Waals surface area contributed by atoms with Gasteiger partial charge >= 0.3 is 0 Å². The van der Waals surface area contributed by atoms with Crippen LogP contribution >= 0.6 is 22.9 Å². The Balaban J connectivity index is 2.06. The lowest BCUT2D eigenvalue weighted by Crippen LogP contribution is -2.08. The van der Waals surface area contributed by atoms with Crippen LogP contribution in [0.5, 0.6) is 0 Å². The quantitative estimate of drug-likeness (QED) is 0.528. The van der Waals surface area contributed by atoms with E-state index >= 15 is 0 Å². The fourth-order valence-corrected chi connectivity index (χ4v) is 2.28. The average molecular weight is 309 g/mol. The lowest BCUT2D eigenvalue weighted by Gasteiger charge is -2.04. The summed E-state index contributed by atoms with van der Waals surface area (Å²) in [6, 6.07) is 7.64. The molecule has 0 saturated heterocycles. The van der Waals surface area contributed by atoms with Crippen molar-refractivity contribution in [2.45, 2.75) is 0 Å². The molecule has 1 heterocycles. The van der Waals surface area contributed by atoms with Crippen LogP contribution in [0.3, 0.4) is 0 Å². The van der Waals surface area contributed by atoms with Gasteiger partial charge in [-0.05, 0) is 23.6 Å². The lowest BCUT2D eigenvalue weighted by molar-refractivity contribution is -0.384. The SMILES string of the molecule is O=C(C=Cc1cccs1)Nc1ccc([N+](=O)[O-])cc1Cl. The number of nitrogens with zero attached hydrogens (tertiary/aromatic N) is 1. The van der Waals surface area contributed by atoms with Crippen LogP contribution in [0.1, 0.15) is 4.88 Å². The van der Waals surface area contributed by atoms with Crippen molar-refractivity contribution < 1.29 is 9.72 Å². The second kappa shape index (κ2) is 6.31. The molecule has 2 rings (SSSR count). The van der Waals surface area contributed by atoms with Gasteiger partial charge in [0.05, 0.1) is 15.6 Å². The highest BCUT2D eigenvalue weighted by molar-refractivity contribution is 7.10. The summed E-state index contributed by atoms with van der Waals surface area (Å²) in [5.74, 6) is -0.353. The Hall–Kier alpha value is -2.18. The molecule has 1 aromatic carbocycles. The second-order valence-electron chi connectivity index (χ2n) is 3.76. The molecule has 0 bridgehead atoms. The number of hydrogen-bond donors (Lipinski definition) is 1. The van der Waals surface area contributed by atoms with Crippen LogP contribution in [-0.2, 0) is 4.79 Å². The topological polar surface area (TPSA) is 72.2 Å². The summed E-state index contributed by atoms with van der Waals surface area (Å²) in [6.07, 6.45) is 3.06. The molecule has 1 N–H and O–H groups in total. The molecular weight excluding hydrogens is 300 g/mol. The number of carbonyl (C=O) groups is 1. The number of rotatable bonds is 4. The fraction of sp³-hybridized carbons (Fsp3) is 0. The first-order valence-electron chi connectivity index (χ1n) is 5.53. The van der Waals surface area contributed by atoms with Crippen molar-refractivity contribution in [3.05, 3.63) is 61.8 Å². The van der Waals surface area contributed by atoms with Crippen LogP contribution in [0.2, 0.25) is 5.02 Å². The largest absolute Gasteiger partial charge is 0.321 e. The van der Waals surface area contributed by atoms with Crippen LogP contribution < -0.4 is 5.32 Å². The molecule has 7 heteroatoms. The monoisotopic (exact) mass is 308 g/mol. The molecule has 0 saturated carbocycles. The minimum atomic E-state index is -0.547. The molecule has 1 amide bonds. The third-order valence-corrected chi connectivity index (χ3v) is 3.51. The van der Waals surface area contributed by atoms with Gasteiger partial charge in [-0.15, -0.1) is 11.3 Å². The molecule has 0 aliphatic carbocycles. The van der Waals surface area contributed by atoms with Gasteiger partial charge in [-0.1, -0.05) is 17.7 Å². The first-order valence-corrected chi connectivity index (χ1v) is 6.78. The van der Waals surface area contributed by atoms with Crippen molar-refractivity contribution in [3.8, 4) is 0 Å². The lowest BCUT2D eigenvalue weighted by atomic mass is 10.2. The predicted molar refractivity (Wildman–Crippen MR) is 80.1 cm³/mol. The van der Waals surface area contributed by atoms with E-state index in [2.05, 4.69) is 5.32 Å². The van der Waals surface area contributed by atoms with Crippen LogP contribution in [0, 0.1) is 10.1 Å². The average Bonchev–Trinajstić information content (AvgIpc) is 2.91. The normalized spacial score (nSPS) is 10.7. The molecule has 0 spiro atoms. The summed E-state index contributed by atoms with van der Waals surface area (Å²) in [7, 11) is 0.